The van der Waals surface area contributed by atoms with E-state index < -0.39 is 5.25 Å². The maximum absolute atomic E-state index is 12.9. The molecule has 0 bridgehead atoms. The van der Waals surface area contributed by atoms with Gasteiger partial charge in [-0.1, -0.05) is 47.1 Å². The van der Waals surface area contributed by atoms with Crippen molar-refractivity contribution in [1.29, 1.82) is 0 Å². The van der Waals surface area contributed by atoms with Crippen LogP contribution in [0.15, 0.2) is 51.7 Å². The van der Waals surface area contributed by atoms with Crippen LogP contribution in [0.3, 0.4) is 0 Å². The number of aromatic nitrogens is 2. The molecular formula is C23H20ClN3O3S2. The van der Waals surface area contributed by atoms with E-state index in [0.717, 1.165) is 34.0 Å². The van der Waals surface area contributed by atoms with E-state index in [-0.39, 0.29) is 22.9 Å². The molecule has 6 nitrogen and oxygen atoms in total. The Morgan fingerprint density at radius 2 is 2.00 bits per heavy atom. The van der Waals surface area contributed by atoms with Crippen LogP contribution in [0.1, 0.15) is 18.1 Å². The molecule has 1 amide bonds. The van der Waals surface area contributed by atoms with Crippen molar-refractivity contribution >= 4 is 56.5 Å². The molecule has 2 heterocycles. The number of benzene rings is 2. The molecule has 0 radical (unpaired) electrons. The van der Waals surface area contributed by atoms with Gasteiger partial charge in [-0.2, -0.15) is 0 Å². The summed E-state index contributed by atoms with van der Waals surface area (Å²) in [5.74, 6) is -0.428. The highest BCUT2D eigenvalue weighted by Crippen LogP contribution is 2.34. The van der Waals surface area contributed by atoms with Crippen molar-refractivity contribution in [2.75, 3.05) is 5.32 Å². The number of H-pyrrole nitrogens is 1. The number of rotatable bonds is 5. The molecule has 4 rings (SSSR count). The first-order valence-corrected chi connectivity index (χ1v) is 11.9. The summed E-state index contributed by atoms with van der Waals surface area (Å²) in [4.78, 5) is 33.5. The summed E-state index contributed by atoms with van der Waals surface area (Å²) < 4.78 is 0. The van der Waals surface area contributed by atoms with E-state index in [0.29, 0.717) is 20.4 Å². The number of thiophene rings is 1. The first-order valence-electron chi connectivity index (χ1n) is 9.78. The summed E-state index contributed by atoms with van der Waals surface area (Å²) in [6.45, 7) is 5.75. The topological polar surface area (TPSA) is 95.1 Å². The number of phenolic OH excluding ortho intramolecular Hbond substituents is 1. The van der Waals surface area contributed by atoms with Crippen LogP contribution >= 0.6 is 34.7 Å². The number of phenols is 1. The highest BCUT2D eigenvalue weighted by molar-refractivity contribution is 8.00. The zero-order valence-electron chi connectivity index (χ0n) is 17.5. The third kappa shape index (κ3) is 4.53. The summed E-state index contributed by atoms with van der Waals surface area (Å²) in [5, 5.41) is 15.2. The fourth-order valence-corrected chi connectivity index (χ4v) is 5.33. The van der Waals surface area contributed by atoms with Crippen LogP contribution in [-0.2, 0) is 4.79 Å². The molecule has 1 atom stereocenters. The second-order valence-corrected chi connectivity index (χ2v) is 10.1. The van der Waals surface area contributed by atoms with Crippen LogP contribution in [0.25, 0.3) is 21.3 Å². The second kappa shape index (κ2) is 8.97. The van der Waals surface area contributed by atoms with Crippen molar-refractivity contribution in [2.24, 2.45) is 0 Å². The maximum atomic E-state index is 12.9. The zero-order chi connectivity index (χ0) is 23.0. The second-order valence-electron chi connectivity index (χ2n) is 7.43. The zero-order valence-corrected chi connectivity index (χ0v) is 19.9. The van der Waals surface area contributed by atoms with Gasteiger partial charge >= 0.3 is 0 Å². The van der Waals surface area contributed by atoms with E-state index in [9.17, 15) is 14.7 Å². The largest absolute Gasteiger partial charge is 0.506 e. The minimum Gasteiger partial charge on any atom is -0.506 e. The van der Waals surface area contributed by atoms with Gasteiger partial charge in [-0.15, -0.1) is 11.3 Å². The summed E-state index contributed by atoms with van der Waals surface area (Å²) >= 11 is 8.46. The number of carbonyl (C=O) groups excluding carboxylic acids is 1. The lowest BCUT2D eigenvalue weighted by molar-refractivity contribution is -0.115. The van der Waals surface area contributed by atoms with Gasteiger partial charge in [-0.3, -0.25) is 9.59 Å². The normalized spacial score (nSPS) is 12.1. The maximum Gasteiger partial charge on any atom is 0.260 e. The van der Waals surface area contributed by atoms with E-state index in [2.05, 4.69) is 21.4 Å². The molecule has 0 aliphatic heterocycles. The number of anilines is 1. The van der Waals surface area contributed by atoms with Crippen molar-refractivity contribution in [1.82, 2.24) is 9.97 Å². The lowest BCUT2D eigenvalue weighted by Gasteiger charge is -2.12. The Balaban J connectivity index is 1.58. The molecule has 32 heavy (non-hydrogen) atoms. The number of nitrogens with zero attached hydrogens (tertiary/aromatic N) is 1. The molecule has 0 aliphatic rings. The number of carbonyl (C=O) groups is 1. The molecule has 2 aromatic heterocycles. The average Bonchev–Trinajstić information content (AvgIpc) is 3.15. The van der Waals surface area contributed by atoms with E-state index in [1.54, 1.807) is 6.92 Å². The average molecular weight is 486 g/mol. The van der Waals surface area contributed by atoms with Crippen molar-refractivity contribution in [3.8, 4) is 16.9 Å². The van der Waals surface area contributed by atoms with E-state index in [1.165, 1.54) is 29.5 Å². The SMILES string of the molecule is Cc1ccc(-c2csc3nc(SC(C)C(=O)Nc4cc(Cl)ccc4O)[nH]c(=O)c23)c(C)c1. The highest BCUT2D eigenvalue weighted by atomic mass is 35.5. The van der Waals surface area contributed by atoms with Gasteiger partial charge in [-0.25, -0.2) is 4.98 Å². The Morgan fingerprint density at radius 1 is 1.22 bits per heavy atom. The standard InChI is InChI=1S/C23H20ClN3O3S2/c1-11-4-6-15(12(2)8-11)16-10-31-22-19(16)21(30)26-23(27-22)32-13(3)20(29)25-17-9-14(24)5-7-18(17)28/h4-10,13,28H,1-3H3,(H,25,29)(H,26,27,30). The number of hydrogen-bond donors (Lipinski definition) is 3. The van der Waals surface area contributed by atoms with Crippen LogP contribution in [0.2, 0.25) is 5.02 Å². The minimum atomic E-state index is -0.576. The molecule has 2 aromatic carbocycles. The van der Waals surface area contributed by atoms with Crippen molar-refractivity contribution in [3.05, 3.63) is 68.3 Å². The third-order valence-electron chi connectivity index (χ3n) is 4.97. The number of halogens is 1. The van der Waals surface area contributed by atoms with Gasteiger partial charge in [-0.05, 0) is 50.1 Å². The smallest absolute Gasteiger partial charge is 0.260 e. The molecule has 9 heteroatoms. The predicted octanol–water partition coefficient (Wildman–Crippen LogP) is 5.75. The Hall–Kier alpha value is -2.81. The Kier molecular flexibility index (Phi) is 6.28. The van der Waals surface area contributed by atoms with Crippen molar-refractivity contribution in [3.63, 3.8) is 0 Å². The third-order valence-corrected chi connectivity index (χ3v) is 7.06. The molecule has 3 N–H and O–H groups in total. The number of aryl methyl sites for hydroxylation is 2. The van der Waals surface area contributed by atoms with Crippen LogP contribution in [0.5, 0.6) is 5.75 Å². The lowest BCUT2D eigenvalue weighted by Crippen LogP contribution is -2.23. The molecule has 0 aliphatic carbocycles. The van der Waals surface area contributed by atoms with E-state index in [1.807, 2.05) is 31.4 Å². The van der Waals surface area contributed by atoms with Gasteiger partial charge in [0, 0.05) is 16.0 Å². The fraction of sp³-hybridized carbons (Fsp3) is 0.174. The molecule has 0 saturated carbocycles. The van der Waals surface area contributed by atoms with Crippen LogP contribution in [0, 0.1) is 13.8 Å². The number of fused-ring (bicyclic) bond motifs is 1. The molecule has 0 saturated heterocycles. The first-order chi connectivity index (χ1) is 15.2. The molecule has 0 spiro atoms. The fourth-order valence-electron chi connectivity index (χ4n) is 3.36. The quantitative estimate of drug-likeness (QED) is 0.190. The van der Waals surface area contributed by atoms with Gasteiger partial charge in [0.15, 0.2) is 5.16 Å². The van der Waals surface area contributed by atoms with Crippen LogP contribution < -0.4 is 10.9 Å². The Bertz CT molecular complexity index is 1400. The number of aromatic hydroxyl groups is 1. The predicted molar refractivity (Wildman–Crippen MR) is 132 cm³/mol. The number of amides is 1. The number of hydrogen-bond acceptors (Lipinski definition) is 6. The Morgan fingerprint density at radius 3 is 2.75 bits per heavy atom. The summed E-state index contributed by atoms with van der Waals surface area (Å²) in [6.07, 6.45) is 0. The highest BCUT2D eigenvalue weighted by Gasteiger charge is 2.20. The number of nitrogens with one attached hydrogen (secondary N) is 2. The minimum absolute atomic E-state index is 0.0783. The van der Waals surface area contributed by atoms with Gasteiger partial charge in [0.2, 0.25) is 5.91 Å². The van der Waals surface area contributed by atoms with Gasteiger partial charge in [0.05, 0.1) is 16.3 Å². The molecule has 1 unspecified atom stereocenters. The first kappa shape index (κ1) is 22.4. The summed E-state index contributed by atoms with van der Waals surface area (Å²) in [5.41, 5.74) is 4.10. The summed E-state index contributed by atoms with van der Waals surface area (Å²) in [6, 6.07) is 10.5. The summed E-state index contributed by atoms with van der Waals surface area (Å²) in [7, 11) is 0. The van der Waals surface area contributed by atoms with Gasteiger partial charge in [0.25, 0.3) is 5.56 Å². The molecule has 4 aromatic rings. The lowest BCUT2D eigenvalue weighted by atomic mass is 9.99. The van der Waals surface area contributed by atoms with Crippen molar-refractivity contribution in [2.45, 2.75) is 31.2 Å². The monoisotopic (exact) mass is 485 g/mol. The van der Waals surface area contributed by atoms with Crippen LogP contribution in [0.4, 0.5) is 5.69 Å². The number of thioether (sulfide) groups is 1. The Labute approximate surface area is 197 Å². The molecule has 0 fully saturated rings. The molecule has 164 valence electrons. The van der Waals surface area contributed by atoms with Gasteiger partial charge in [0.1, 0.15) is 10.6 Å². The van der Waals surface area contributed by atoms with Crippen molar-refractivity contribution < 1.29 is 9.90 Å². The van der Waals surface area contributed by atoms with E-state index >= 15 is 0 Å². The van der Waals surface area contributed by atoms with Crippen LogP contribution in [-0.4, -0.2) is 26.2 Å². The van der Waals surface area contributed by atoms with Gasteiger partial charge < -0.3 is 15.4 Å². The molecular weight excluding hydrogens is 466 g/mol. The van der Waals surface area contributed by atoms with E-state index in [4.69, 9.17) is 11.6 Å². The number of aromatic amines is 1.